The van der Waals surface area contributed by atoms with E-state index in [0.29, 0.717) is 28.7 Å². The molecular weight excluding hydrogens is 340 g/mol. The number of ether oxygens (including phenoxy) is 1. The van der Waals surface area contributed by atoms with Crippen LogP contribution in [0.1, 0.15) is 61.0 Å². The van der Waals surface area contributed by atoms with Gasteiger partial charge in [-0.05, 0) is 31.1 Å². The maximum atomic E-state index is 13.0. The Hall–Kier alpha value is -2.49. The van der Waals surface area contributed by atoms with Gasteiger partial charge in [0.25, 0.3) is 0 Å². The van der Waals surface area contributed by atoms with Crippen LogP contribution in [-0.2, 0) is 0 Å². The summed E-state index contributed by atoms with van der Waals surface area (Å²) in [5.41, 5.74) is 0.878. The predicted molar refractivity (Wildman–Crippen MR) is 101 cm³/mol. The van der Waals surface area contributed by atoms with Crippen molar-refractivity contribution in [1.29, 1.82) is 0 Å². The molecule has 4 nitrogen and oxygen atoms in total. The zero-order valence-corrected chi connectivity index (χ0v) is 15.8. The molecule has 2 aliphatic carbocycles. The average molecular weight is 364 g/mol. The zero-order valence-electron chi connectivity index (χ0n) is 15.8. The second-order valence-electron chi connectivity index (χ2n) is 9.11. The molecule has 1 heterocycles. The van der Waals surface area contributed by atoms with Crippen molar-refractivity contribution < 1.29 is 19.7 Å². The maximum Gasteiger partial charge on any atom is 0.200 e. The van der Waals surface area contributed by atoms with Gasteiger partial charge in [-0.25, -0.2) is 0 Å². The minimum absolute atomic E-state index is 0.0237. The summed E-state index contributed by atoms with van der Waals surface area (Å²) < 4.78 is 6.31. The molecule has 0 aromatic heterocycles. The highest BCUT2D eigenvalue weighted by Crippen LogP contribution is 2.74. The molecule has 2 fully saturated rings. The molecule has 2 aromatic rings. The van der Waals surface area contributed by atoms with Crippen LogP contribution in [0.25, 0.3) is 0 Å². The second kappa shape index (κ2) is 5.06. The molecule has 0 bridgehead atoms. The molecule has 0 spiro atoms. The van der Waals surface area contributed by atoms with Crippen molar-refractivity contribution in [3.05, 3.63) is 53.1 Å². The molecule has 0 saturated heterocycles. The van der Waals surface area contributed by atoms with E-state index in [-0.39, 0.29) is 39.8 Å². The van der Waals surface area contributed by atoms with E-state index < -0.39 is 0 Å². The van der Waals surface area contributed by atoms with E-state index >= 15 is 0 Å². The number of carbonyl (C=O) groups is 1. The number of rotatable bonds is 2. The average Bonchev–Trinajstić information content (AvgIpc) is 2.96. The van der Waals surface area contributed by atoms with E-state index in [1.807, 2.05) is 6.07 Å². The Balaban J connectivity index is 1.70. The van der Waals surface area contributed by atoms with E-state index in [2.05, 4.69) is 20.8 Å². The van der Waals surface area contributed by atoms with Gasteiger partial charge in [0.2, 0.25) is 5.78 Å². The van der Waals surface area contributed by atoms with Crippen LogP contribution < -0.4 is 4.74 Å². The van der Waals surface area contributed by atoms with Crippen LogP contribution in [0.15, 0.2) is 36.4 Å². The molecule has 27 heavy (non-hydrogen) atoms. The lowest BCUT2D eigenvalue weighted by molar-refractivity contribution is -0.121. The first-order chi connectivity index (χ1) is 12.8. The third kappa shape index (κ3) is 1.96. The third-order valence-corrected chi connectivity index (χ3v) is 7.41. The van der Waals surface area contributed by atoms with Crippen LogP contribution in [0.3, 0.4) is 0 Å². The standard InChI is InChI=1S/C23H24O4/c1-22(2)13-9-10-23(3)18(13)19(22)17-15(27-23)11-14(24)16(21(17)26)20(25)12-7-5-4-6-8-12/h4-8,11,13,18-19,24,26H,9-10H2,1-3H3. The Labute approximate surface area is 158 Å². The molecule has 2 N–H and O–H groups in total. The quantitative estimate of drug-likeness (QED) is 0.763. The first-order valence-electron chi connectivity index (χ1n) is 9.63. The maximum absolute atomic E-state index is 13.0. The van der Waals surface area contributed by atoms with Crippen LogP contribution in [0, 0.1) is 17.3 Å². The van der Waals surface area contributed by atoms with Gasteiger partial charge in [-0.15, -0.1) is 0 Å². The molecule has 2 aromatic carbocycles. The largest absolute Gasteiger partial charge is 0.507 e. The van der Waals surface area contributed by atoms with E-state index in [1.165, 1.54) is 6.07 Å². The summed E-state index contributed by atoms with van der Waals surface area (Å²) in [5.74, 6) is 0.825. The third-order valence-electron chi connectivity index (χ3n) is 7.41. The Morgan fingerprint density at radius 1 is 1.15 bits per heavy atom. The lowest BCUT2D eigenvalue weighted by Gasteiger charge is -2.62. The van der Waals surface area contributed by atoms with Crippen molar-refractivity contribution in [3.63, 3.8) is 0 Å². The number of ketones is 1. The molecule has 0 radical (unpaired) electrons. The monoisotopic (exact) mass is 364 g/mol. The highest BCUT2D eigenvalue weighted by atomic mass is 16.5. The summed E-state index contributed by atoms with van der Waals surface area (Å²) in [7, 11) is 0. The lowest BCUT2D eigenvalue weighted by atomic mass is 9.45. The number of carbonyl (C=O) groups excluding carboxylic acids is 1. The van der Waals surface area contributed by atoms with Crippen molar-refractivity contribution >= 4 is 5.78 Å². The topological polar surface area (TPSA) is 66.8 Å². The first kappa shape index (κ1) is 16.7. The SMILES string of the molecule is CC12CCC3C1C(c1c(cc(O)c(C(=O)c4ccccc4)c1O)O2)C3(C)C. The second-order valence-corrected chi connectivity index (χ2v) is 9.11. The lowest BCUT2D eigenvalue weighted by Crippen LogP contribution is -2.59. The number of phenolic OH excluding ortho intramolecular Hbond substituents is 2. The molecule has 3 aliphatic rings. The smallest absolute Gasteiger partial charge is 0.200 e. The minimum Gasteiger partial charge on any atom is -0.507 e. The molecule has 4 atom stereocenters. The molecule has 4 heteroatoms. The van der Waals surface area contributed by atoms with E-state index in [9.17, 15) is 15.0 Å². The fourth-order valence-corrected chi connectivity index (χ4v) is 6.12. The van der Waals surface area contributed by atoms with Gasteiger partial charge in [-0.3, -0.25) is 4.79 Å². The van der Waals surface area contributed by atoms with Gasteiger partial charge in [-0.1, -0.05) is 44.2 Å². The summed E-state index contributed by atoms with van der Waals surface area (Å²) in [5, 5.41) is 21.7. The van der Waals surface area contributed by atoms with Crippen molar-refractivity contribution in [2.24, 2.45) is 17.3 Å². The Kier molecular flexibility index (Phi) is 3.12. The highest BCUT2D eigenvalue weighted by molar-refractivity contribution is 6.12. The summed E-state index contributed by atoms with van der Waals surface area (Å²) in [6.07, 6.45) is 2.09. The van der Waals surface area contributed by atoms with E-state index in [4.69, 9.17) is 4.74 Å². The predicted octanol–water partition coefficient (Wildman–Crippen LogP) is 4.63. The van der Waals surface area contributed by atoms with Crippen LogP contribution in [0.5, 0.6) is 17.2 Å². The highest BCUT2D eigenvalue weighted by Gasteiger charge is 2.69. The van der Waals surface area contributed by atoms with Crippen molar-refractivity contribution in [2.45, 2.75) is 45.1 Å². The van der Waals surface area contributed by atoms with Gasteiger partial charge in [-0.2, -0.15) is 0 Å². The molecule has 4 unspecified atom stereocenters. The van der Waals surface area contributed by atoms with E-state index in [0.717, 1.165) is 12.8 Å². The van der Waals surface area contributed by atoms with Gasteiger partial charge in [0, 0.05) is 29.0 Å². The molecule has 0 amide bonds. The number of hydrogen-bond donors (Lipinski definition) is 2. The normalized spacial score (nSPS) is 32.0. The molecule has 5 rings (SSSR count). The molecule has 1 aliphatic heterocycles. The minimum atomic E-state index is -0.373. The number of hydrogen-bond acceptors (Lipinski definition) is 4. The van der Waals surface area contributed by atoms with Gasteiger partial charge in [0.1, 0.15) is 28.4 Å². The van der Waals surface area contributed by atoms with Crippen molar-refractivity contribution in [1.82, 2.24) is 0 Å². The Morgan fingerprint density at radius 2 is 1.85 bits per heavy atom. The van der Waals surface area contributed by atoms with Crippen LogP contribution >= 0.6 is 0 Å². The molecule has 2 saturated carbocycles. The number of benzene rings is 2. The van der Waals surface area contributed by atoms with Crippen LogP contribution in [0.2, 0.25) is 0 Å². The van der Waals surface area contributed by atoms with Crippen molar-refractivity contribution in [3.8, 4) is 17.2 Å². The zero-order chi connectivity index (χ0) is 19.1. The van der Waals surface area contributed by atoms with E-state index in [1.54, 1.807) is 24.3 Å². The Bertz CT molecular complexity index is 962. The first-order valence-corrected chi connectivity index (χ1v) is 9.63. The number of phenols is 2. The van der Waals surface area contributed by atoms with Crippen molar-refractivity contribution in [2.75, 3.05) is 0 Å². The number of fused-ring (bicyclic) bond motifs is 2. The number of aromatic hydroxyl groups is 2. The van der Waals surface area contributed by atoms with Crippen LogP contribution in [-0.4, -0.2) is 21.6 Å². The molecule has 140 valence electrons. The fourth-order valence-electron chi connectivity index (χ4n) is 6.12. The van der Waals surface area contributed by atoms with Gasteiger partial charge >= 0.3 is 0 Å². The van der Waals surface area contributed by atoms with Gasteiger partial charge in [0.05, 0.1) is 0 Å². The summed E-state index contributed by atoms with van der Waals surface area (Å²) >= 11 is 0. The Morgan fingerprint density at radius 3 is 2.56 bits per heavy atom. The van der Waals surface area contributed by atoms with Crippen LogP contribution in [0.4, 0.5) is 0 Å². The van der Waals surface area contributed by atoms with Gasteiger partial charge < -0.3 is 14.9 Å². The summed E-state index contributed by atoms with van der Waals surface area (Å²) in [6.45, 7) is 6.62. The summed E-state index contributed by atoms with van der Waals surface area (Å²) in [4.78, 5) is 13.0. The fraction of sp³-hybridized carbons (Fsp3) is 0.435. The summed E-state index contributed by atoms with van der Waals surface area (Å²) in [6, 6.07) is 10.3. The van der Waals surface area contributed by atoms with Gasteiger partial charge in [0.15, 0.2) is 0 Å². The molecular formula is C23H24O4.